The summed E-state index contributed by atoms with van der Waals surface area (Å²) < 4.78 is 6.74. The van der Waals surface area contributed by atoms with Crippen molar-refractivity contribution in [2.45, 2.75) is 42.7 Å². The number of rotatable bonds is 3. The number of nitrogens with zero attached hydrogens (tertiary/aromatic N) is 2. The molecule has 3 atom stereocenters. The van der Waals surface area contributed by atoms with Crippen LogP contribution < -0.4 is 4.90 Å². The van der Waals surface area contributed by atoms with E-state index in [0.29, 0.717) is 19.3 Å². The van der Waals surface area contributed by atoms with Crippen LogP contribution in [0.3, 0.4) is 0 Å². The molecule has 6 heteroatoms. The van der Waals surface area contributed by atoms with Crippen molar-refractivity contribution in [3.05, 3.63) is 29.8 Å². The predicted octanol–water partition coefficient (Wildman–Crippen LogP) is 2.47. The Hall–Kier alpha value is -1.62. The molecule has 4 rings (SSSR count). The number of amides is 1. The Balaban J connectivity index is 2.01. The molecule has 2 fully saturated rings. The molecule has 3 aliphatic rings. The van der Waals surface area contributed by atoms with Crippen LogP contribution in [-0.4, -0.2) is 27.9 Å². The molecular weight excluding hydrogens is 407 g/mol. The Kier molecular flexibility index (Phi) is 3.21. The van der Waals surface area contributed by atoms with E-state index in [2.05, 4.69) is 28.7 Å². The van der Waals surface area contributed by atoms with Crippen molar-refractivity contribution >= 4 is 40.2 Å². The maximum absolute atomic E-state index is 12.9. The van der Waals surface area contributed by atoms with E-state index in [1.165, 1.54) is 0 Å². The summed E-state index contributed by atoms with van der Waals surface area (Å²) >= 11 is 2.27. The fourth-order valence-corrected chi connectivity index (χ4v) is 5.48. The summed E-state index contributed by atoms with van der Waals surface area (Å²) in [5.41, 5.74) is -0.163. The monoisotopic (exact) mass is 422 g/mol. The lowest BCUT2D eigenvalue weighted by Gasteiger charge is -2.43. The molecule has 0 saturated carbocycles. The van der Waals surface area contributed by atoms with Gasteiger partial charge < -0.3 is 9.64 Å². The van der Waals surface area contributed by atoms with E-state index in [1.807, 2.05) is 24.3 Å². The average molecular weight is 422 g/mol. The summed E-state index contributed by atoms with van der Waals surface area (Å²) in [5.74, 6) is -0.330. The van der Waals surface area contributed by atoms with Crippen LogP contribution in [-0.2, 0) is 19.7 Å². The Bertz CT molecular complexity index is 758. The molecule has 0 aliphatic carbocycles. The van der Waals surface area contributed by atoms with Gasteiger partial charge in [-0.05, 0) is 24.5 Å². The second kappa shape index (κ2) is 4.94. The first kappa shape index (κ1) is 14.9. The van der Waals surface area contributed by atoms with Crippen molar-refractivity contribution in [2.24, 2.45) is 0 Å². The number of anilines is 1. The number of hydrogen-bond donors (Lipinski definition) is 0. The molecule has 3 aliphatic heterocycles. The number of ether oxygens (including phenoxy) is 1. The molecule has 23 heavy (non-hydrogen) atoms. The lowest BCUT2D eigenvalue weighted by Crippen LogP contribution is -2.60. The van der Waals surface area contributed by atoms with Crippen LogP contribution >= 0.6 is 22.6 Å². The van der Waals surface area contributed by atoms with Gasteiger partial charge in [-0.25, -0.2) is 0 Å². The van der Waals surface area contributed by atoms with Crippen molar-refractivity contribution in [3.63, 3.8) is 0 Å². The molecule has 3 heterocycles. The Labute approximate surface area is 147 Å². The molecule has 2 saturated heterocycles. The minimum Gasteiger partial charge on any atom is -0.456 e. The summed E-state index contributed by atoms with van der Waals surface area (Å²) in [6.07, 6.45) is 1.66. The largest absolute Gasteiger partial charge is 0.456 e. The van der Waals surface area contributed by atoms with E-state index in [4.69, 9.17) is 4.74 Å². The fourth-order valence-electron chi connectivity index (χ4n) is 4.57. The van der Waals surface area contributed by atoms with Crippen molar-refractivity contribution in [2.75, 3.05) is 9.33 Å². The van der Waals surface area contributed by atoms with Crippen molar-refractivity contribution in [1.29, 1.82) is 5.26 Å². The summed E-state index contributed by atoms with van der Waals surface area (Å²) in [4.78, 5) is 27.3. The van der Waals surface area contributed by atoms with Crippen LogP contribution in [0.1, 0.15) is 31.2 Å². The zero-order valence-corrected chi connectivity index (χ0v) is 14.6. The number of hydrogen-bond acceptors (Lipinski definition) is 4. The molecule has 0 N–H and O–H groups in total. The number of halogens is 1. The molecule has 0 bridgehead atoms. The molecule has 1 aromatic rings. The number of piperidine rings is 1. The van der Waals surface area contributed by atoms with Gasteiger partial charge in [0, 0.05) is 16.5 Å². The van der Waals surface area contributed by atoms with Crippen LogP contribution in [0.5, 0.6) is 0 Å². The topological polar surface area (TPSA) is 70.4 Å². The average Bonchev–Trinajstić information content (AvgIpc) is 2.97. The van der Waals surface area contributed by atoms with Crippen molar-refractivity contribution < 1.29 is 14.3 Å². The van der Waals surface area contributed by atoms with Crippen molar-refractivity contribution in [1.82, 2.24) is 0 Å². The highest BCUT2D eigenvalue weighted by molar-refractivity contribution is 14.1. The summed E-state index contributed by atoms with van der Waals surface area (Å²) in [6.45, 7) is 0. The molecule has 118 valence electrons. The Morgan fingerprint density at radius 2 is 2.17 bits per heavy atom. The Morgan fingerprint density at radius 1 is 1.39 bits per heavy atom. The number of fused-ring (bicyclic) bond motifs is 3. The highest BCUT2D eigenvalue weighted by atomic mass is 127. The normalized spacial score (nSPS) is 33.9. The molecule has 0 spiro atoms. The quantitative estimate of drug-likeness (QED) is 0.427. The first-order valence-electron chi connectivity index (χ1n) is 7.69. The number of esters is 1. The van der Waals surface area contributed by atoms with Gasteiger partial charge in [-0.15, -0.1) is 0 Å². The van der Waals surface area contributed by atoms with Crippen LogP contribution in [0.15, 0.2) is 24.3 Å². The molecule has 5 nitrogen and oxygen atoms in total. The van der Waals surface area contributed by atoms with Crippen LogP contribution in [0.4, 0.5) is 5.69 Å². The van der Waals surface area contributed by atoms with Crippen LogP contribution in [0.25, 0.3) is 0 Å². The van der Waals surface area contributed by atoms with Gasteiger partial charge in [0.1, 0.15) is 11.0 Å². The standard InChI is InChI=1S/C17H15IN2O3/c18-9-7-16-6-5-13(21)20-12-4-2-1-3-11(12)17(8-10-19,14(16)20)15(22)23-16/h1-4,14H,5-9H2/t14?,16-,17+/m1/s1. The smallest absolute Gasteiger partial charge is 0.320 e. The maximum Gasteiger partial charge on any atom is 0.320 e. The van der Waals surface area contributed by atoms with E-state index >= 15 is 0 Å². The van der Waals surface area contributed by atoms with Crippen molar-refractivity contribution in [3.8, 4) is 6.07 Å². The second-order valence-electron chi connectivity index (χ2n) is 6.38. The summed E-state index contributed by atoms with van der Waals surface area (Å²) in [6, 6.07) is 9.23. The lowest BCUT2D eigenvalue weighted by molar-refractivity contribution is -0.154. The number of nitriles is 1. The number of carbonyl (C=O) groups excluding carboxylic acids is 2. The predicted molar refractivity (Wildman–Crippen MR) is 91.2 cm³/mol. The summed E-state index contributed by atoms with van der Waals surface area (Å²) in [5, 5.41) is 9.39. The highest BCUT2D eigenvalue weighted by Crippen LogP contribution is 2.60. The minimum atomic E-state index is -1.03. The van der Waals surface area contributed by atoms with E-state index < -0.39 is 17.1 Å². The van der Waals surface area contributed by atoms with Gasteiger partial charge in [0.15, 0.2) is 0 Å². The number of benzene rings is 1. The number of carbonyl (C=O) groups is 2. The fraction of sp³-hybridized carbons (Fsp3) is 0.471. The van der Waals surface area contributed by atoms with Gasteiger partial charge in [0.25, 0.3) is 0 Å². The molecule has 1 aromatic carbocycles. The molecule has 1 unspecified atom stereocenters. The van der Waals surface area contributed by atoms with Gasteiger partial charge in [-0.3, -0.25) is 9.59 Å². The summed E-state index contributed by atoms with van der Waals surface area (Å²) in [7, 11) is 0. The maximum atomic E-state index is 12.9. The SMILES string of the molecule is N#CC[C@]12C(=O)O[C@@]3(CCI)CCC(=O)N(c4ccccc41)C32. The third kappa shape index (κ3) is 1.66. The lowest BCUT2D eigenvalue weighted by atomic mass is 9.68. The van der Waals surface area contributed by atoms with Crippen LogP contribution in [0, 0.1) is 11.3 Å². The van der Waals surface area contributed by atoms with Gasteiger partial charge in [-0.1, -0.05) is 40.8 Å². The van der Waals surface area contributed by atoms with E-state index in [0.717, 1.165) is 15.7 Å². The molecule has 0 aromatic heterocycles. The van der Waals surface area contributed by atoms with E-state index in [9.17, 15) is 14.9 Å². The first-order valence-corrected chi connectivity index (χ1v) is 9.21. The van der Waals surface area contributed by atoms with Gasteiger partial charge in [0.05, 0.1) is 18.5 Å². The molecule has 0 radical (unpaired) electrons. The minimum absolute atomic E-state index is 0.0182. The van der Waals surface area contributed by atoms with Gasteiger partial charge in [0.2, 0.25) is 5.91 Å². The van der Waals surface area contributed by atoms with Gasteiger partial charge in [-0.2, -0.15) is 5.26 Å². The first-order chi connectivity index (χ1) is 11.1. The Morgan fingerprint density at radius 3 is 2.91 bits per heavy atom. The number of alkyl halides is 1. The van der Waals surface area contributed by atoms with Gasteiger partial charge >= 0.3 is 5.97 Å². The van der Waals surface area contributed by atoms with E-state index in [1.54, 1.807) is 4.90 Å². The highest BCUT2D eigenvalue weighted by Gasteiger charge is 2.73. The van der Waals surface area contributed by atoms with Crippen LogP contribution in [0.2, 0.25) is 0 Å². The molecule has 1 amide bonds. The van der Waals surface area contributed by atoms with E-state index in [-0.39, 0.29) is 18.3 Å². The third-order valence-electron chi connectivity index (χ3n) is 5.43. The third-order valence-corrected chi connectivity index (χ3v) is 5.97. The second-order valence-corrected chi connectivity index (χ2v) is 7.46. The number of para-hydroxylation sites is 1. The zero-order valence-electron chi connectivity index (χ0n) is 12.4. The zero-order chi connectivity index (χ0) is 16.2. The molecular formula is C17H15IN2O3.